The van der Waals surface area contributed by atoms with Gasteiger partial charge in [-0.3, -0.25) is 5.43 Å². The van der Waals surface area contributed by atoms with Crippen LogP contribution in [0.5, 0.6) is 11.5 Å². The lowest BCUT2D eigenvalue weighted by Gasteiger charge is -2.13. The number of para-hydroxylation sites is 1. The zero-order valence-corrected chi connectivity index (χ0v) is 15.7. The Morgan fingerprint density at radius 2 is 1.96 bits per heavy atom. The molecule has 0 aliphatic heterocycles. The van der Waals surface area contributed by atoms with E-state index in [1.165, 1.54) is 6.21 Å². The highest BCUT2D eigenvalue weighted by atomic mass is 32.1. The van der Waals surface area contributed by atoms with E-state index in [2.05, 4.69) is 15.8 Å². The summed E-state index contributed by atoms with van der Waals surface area (Å²) in [5.74, 6) is -0.309. The van der Waals surface area contributed by atoms with Crippen LogP contribution in [-0.2, 0) is 11.3 Å². The molecule has 0 aliphatic rings. The third kappa shape index (κ3) is 6.95. The Morgan fingerprint density at radius 1 is 1.19 bits per heavy atom. The third-order valence-corrected chi connectivity index (χ3v) is 3.55. The first-order valence-electron chi connectivity index (χ1n) is 8.31. The van der Waals surface area contributed by atoms with Crippen molar-refractivity contribution >= 4 is 29.5 Å². The van der Waals surface area contributed by atoms with E-state index < -0.39 is 12.6 Å². The molecule has 2 rings (SSSR count). The Hall–Kier alpha value is -3.13. The van der Waals surface area contributed by atoms with Crippen molar-refractivity contribution in [2.45, 2.75) is 13.5 Å². The topological polar surface area (TPSA) is 92.2 Å². The molecule has 0 atom stereocenters. The first kappa shape index (κ1) is 20.2. The van der Waals surface area contributed by atoms with E-state index in [4.69, 9.17) is 26.8 Å². The molecule has 0 saturated carbocycles. The number of carboxylic acid groups (broad SMARTS) is 1. The number of carbonyl (C=O) groups is 1. The fourth-order valence-electron chi connectivity index (χ4n) is 2.17. The summed E-state index contributed by atoms with van der Waals surface area (Å²) in [7, 11) is 0. The molecular weight excluding hydrogens is 366 g/mol. The van der Waals surface area contributed by atoms with Gasteiger partial charge in [-0.1, -0.05) is 36.4 Å². The highest BCUT2D eigenvalue weighted by Crippen LogP contribution is 2.30. The Balaban J connectivity index is 1.98. The van der Waals surface area contributed by atoms with Crippen LogP contribution >= 0.6 is 12.2 Å². The minimum Gasteiger partial charge on any atom is -0.490 e. The molecule has 0 unspecified atom stereocenters. The number of hydrazone groups is 1. The third-order valence-electron chi connectivity index (χ3n) is 3.31. The van der Waals surface area contributed by atoms with Gasteiger partial charge in [-0.25, -0.2) is 4.79 Å². The summed E-state index contributed by atoms with van der Waals surface area (Å²) in [5, 5.41) is 16.3. The number of hydrogen-bond acceptors (Lipinski definition) is 5. The molecule has 7 nitrogen and oxygen atoms in total. The molecule has 0 amide bonds. The van der Waals surface area contributed by atoms with Crippen molar-refractivity contribution in [1.29, 1.82) is 0 Å². The fourth-order valence-corrected chi connectivity index (χ4v) is 2.30. The number of carboxylic acids is 1. The molecule has 0 fully saturated rings. The SMILES string of the molecule is CCOc1cccc(/C=N/NC(=S)NCc2ccccc2)c1OCC(=O)O. The predicted molar refractivity (Wildman–Crippen MR) is 107 cm³/mol. The molecule has 0 aliphatic carbocycles. The van der Waals surface area contributed by atoms with Crippen molar-refractivity contribution in [3.8, 4) is 11.5 Å². The van der Waals surface area contributed by atoms with E-state index in [1.54, 1.807) is 18.2 Å². The van der Waals surface area contributed by atoms with Crippen molar-refractivity contribution in [3.63, 3.8) is 0 Å². The zero-order valence-electron chi connectivity index (χ0n) is 14.8. The van der Waals surface area contributed by atoms with Crippen molar-refractivity contribution in [2.75, 3.05) is 13.2 Å². The average Bonchev–Trinajstić information content (AvgIpc) is 2.66. The Morgan fingerprint density at radius 3 is 2.67 bits per heavy atom. The van der Waals surface area contributed by atoms with Crippen molar-refractivity contribution in [3.05, 3.63) is 59.7 Å². The summed E-state index contributed by atoms with van der Waals surface area (Å²) < 4.78 is 10.8. The normalized spacial score (nSPS) is 10.4. The smallest absolute Gasteiger partial charge is 0.341 e. The van der Waals surface area contributed by atoms with E-state index in [1.807, 2.05) is 37.3 Å². The van der Waals surface area contributed by atoms with Crippen LogP contribution < -0.4 is 20.2 Å². The zero-order chi connectivity index (χ0) is 19.5. The van der Waals surface area contributed by atoms with E-state index in [9.17, 15) is 4.79 Å². The maximum atomic E-state index is 10.8. The van der Waals surface area contributed by atoms with Gasteiger partial charge in [0.2, 0.25) is 0 Å². The van der Waals surface area contributed by atoms with Gasteiger partial charge in [0.1, 0.15) is 0 Å². The number of thiocarbonyl (C=S) groups is 1. The van der Waals surface area contributed by atoms with Crippen LogP contribution in [0.2, 0.25) is 0 Å². The fraction of sp³-hybridized carbons (Fsp3) is 0.211. The number of benzene rings is 2. The summed E-state index contributed by atoms with van der Waals surface area (Å²) in [6.45, 7) is 2.36. The van der Waals surface area contributed by atoms with Gasteiger partial charge < -0.3 is 19.9 Å². The van der Waals surface area contributed by atoms with Gasteiger partial charge in [0.25, 0.3) is 0 Å². The molecule has 0 radical (unpaired) electrons. The largest absolute Gasteiger partial charge is 0.490 e. The van der Waals surface area contributed by atoms with E-state index in [0.717, 1.165) is 5.56 Å². The summed E-state index contributed by atoms with van der Waals surface area (Å²) in [4.78, 5) is 10.8. The van der Waals surface area contributed by atoms with Crippen LogP contribution in [0, 0.1) is 0 Å². The van der Waals surface area contributed by atoms with Crippen molar-refractivity contribution in [1.82, 2.24) is 10.7 Å². The van der Waals surface area contributed by atoms with E-state index >= 15 is 0 Å². The number of nitrogens with zero attached hydrogens (tertiary/aromatic N) is 1. The molecule has 8 heteroatoms. The summed E-state index contributed by atoms with van der Waals surface area (Å²) in [6, 6.07) is 15.1. The quantitative estimate of drug-likeness (QED) is 0.346. The van der Waals surface area contributed by atoms with Crippen LogP contribution in [0.25, 0.3) is 0 Å². The van der Waals surface area contributed by atoms with Gasteiger partial charge in [0.05, 0.1) is 12.8 Å². The summed E-state index contributed by atoms with van der Waals surface area (Å²) >= 11 is 5.18. The molecule has 142 valence electrons. The molecule has 3 N–H and O–H groups in total. The molecule has 27 heavy (non-hydrogen) atoms. The summed E-state index contributed by atoms with van der Waals surface area (Å²) in [6.07, 6.45) is 1.50. The average molecular weight is 387 g/mol. The van der Waals surface area contributed by atoms with Crippen molar-refractivity contribution < 1.29 is 19.4 Å². The Labute approximate surface area is 163 Å². The van der Waals surface area contributed by atoms with Crippen LogP contribution in [0.3, 0.4) is 0 Å². The lowest BCUT2D eigenvalue weighted by atomic mass is 10.2. The van der Waals surface area contributed by atoms with Gasteiger partial charge >= 0.3 is 5.97 Å². The molecule has 2 aromatic carbocycles. The minimum absolute atomic E-state index is 0.315. The van der Waals surface area contributed by atoms with Crippen LogP contribution in [0.4, 0.5) is 0 Å². The van der Waals surface area contributed by atoms with Gasteiger partial charge in [-0.15, -0.1) is 0 Å². The van der Waals surface area contributed by atoms with Gasteiger partial charge in [-0.2, -0.15) is 5.10 Å². The molecule has 0 heterocycles. The number of aliphatic carboxylic acids is 1. The Kier molecular flexibility index (Phi) is 8.05. The van der Waals surface area contributed by atoms with Crippen molar-refractivity contribution in [2.24, 2.45) is 5.10 Å². The predicted octanol–water partition coefficient (Wildman–Crippen LogP) is 2.55. The second-order valence-electron chi connectivity index (χ2n) is 5.33. The molecule has 2 aromatic rings. The second-order valence-corrected chi connectivity index (χ2v) is 5.74. The Bertz CT molecular complexity index is 797. The molecule has 0 spiro atoms. The monoisotopic (exact) mass is 387 g/mol. The molecule has 0 saturated heterocycles. The maximum Gasteiger partial charge on any atom is 0.341 e. The lowest BCUT2D eigenvalue weighted by molar-refractivity contribution is -0.139. The lowest BCUT2D eigenvalue weighted by Crippen LogP contribution is -2.31. The van der Waals surface area contributed by atoms with E-state index in [0.29, 0.717) is 35.3 Å². The number of nitrogens with one attached hydrogen (secondary N) is 2. The first-order valence-corrected chi connectivity index (χ1v) is 8.72. The van der Waals surface area contributed by atoms with Gasteiger partial charge in [0.15, 0.2) is 23.2 Å². The molecule has 0 bridgehead atoms. The number of ether oxygens (including phenoxy) is 2. The highest BCUT2D eigenvalue weighted by molar-refractivity contribution is 7.80. The number of rotatable bonds is 9. The van der Waals surface area contributed by atoms with Crippen LogP contribution in [0.1, 0.15) is 18.1 Å². The van der Waals surface area contributed by atoms with Gasteiger partial charge in [-0.05, 0) is 36.8 Å². The van der Waals surface area contributed by atoms with Crippen LogP contribution in [-0.4, -0.2) is 35.6 Å². The standard InChI is InChI=1S/C19H21N3O4S/c1-2-25-16-10-6-9-15(18(16)26-13-17(23)24)12-21-22-19(27)20-11-14-7-4-3-5-8-14/h3-10,12H,2,11,13H2,1H3,(H,23,24)(H2,20,22,27)/b21-12+. The van der Waals surface area contributed by atoms with Gasteiger partial charge in [0, 0.05) is 12.1 Å². The summed E-state index contributed by atoms with van der Waals surface area (Å²) in [5.41, 5.74) is 4.39. The first-order chi connectivity index (χ1) is 13.1. The minimum atomic E-state index is -1.08. The highest BCUT2D eigenvalue weighted by Gasteiger charge is 2.11. The second kappa shape index (κ2) is 10.8. The molecule has 0 aromatic heterocycles. The maximum absolute atomic E-state index is 10.8. The molecular formula is C19H21N3O4S. The van der Waals surface area contributed by atoms with Crippen LogP contribution in [0.15, 0.2) is 53.6 Å². The van der Waals surface area contributed by atoms with E-state index in [-0.39, 0.29) is 0 Å². The number of hydrogen-bond donors (Lipinski definition) is 3.